The molecule has 0 aliphatic rings. The first-order chi connectivity index (χ1) is 16.3. The molecule has 3 rings (SSSR count). The molecule has 0 bridgehead atoms. The van der Waals surface area contributed by atoms with Crippen LogP contribution < -0.4 is 18.9 Å². The number of hydrogen-bond acceptors (Lipinski definition) is 5. The monoisotopic (exact) mass is 462 g/mol. The van der Waals surface area contributed by atoms with Crippen LogP contribution in [0.1, 0.15) is 13.8 Å². The zero-order valence-corrected chi connectivity index (χ0v) is 19.3. The predicted octanol–water partition coefficient (Wildman–Crippen LogP) is 6.39. The Morgan fingerprint density at radius 2 is 1.32 bits per heavy atom. The molecule has 3 aromatic carbocycles. The molecule has 0 atom stereocenters. The molecule has 0 unspecified atom stereocenters. The van der Waals surface area contributed by atoms with Crippen molar-refractivity contribution in [3.05, 3.63) is 96.9 Å². The van der Waals surface area contributed by atoms with Gasteiger partial charge in [-0.2, -0.15) is 0 Å². The smallest absolute Gasteiger partial charge is 0.338 e. The number of ether oxygens (including phenoxy) is 4. The predicted molar refractivity (Wildman–Crippen MR) is 130 cm³/mol. The average molecular weight is 463 g/mol. The van der Waals surface area contributed by atoms with Crippen LogP contribution in [0.4, 0.5) is 4.39 Å². The van der Waals surface area contributed by atoms with E-state index >= 15 is 0 Å². The van der Waals surface area contributed by atoms with Crippen LogP contribution in [0.2, 0.25) is 0 Å². The normalized spacial score (nSPS) is 10.3. The van der Waals surface area contributed by atoms with E-state index in [1.807, 2.05) is 31.2 Å². The lowest BCUT2D eigenvalue weighted by molar-refractivity contribution is -0.130. The number of carbonyl (C=O) groups is 1. The Morgan fingerprint density at radius 3 is 1.94 bits per heavy atom. The van der Waals surface area contributed by atoms with Crippen LogP contribution in [0.25, 0.3) is 11.1 Å². The van der Waals surface area contributed by atoms with Gasteiger partial charge in [0.25, 0.3) is 0 Å². The molecule has 0 aliphatic heterocycles. The van der Waals surface area contributed by atoms with Gasteiger partial charge in [0.2, 0.25) is 0 Å². The summed E-state index contributed by atoms with van der Waals surface area (Å²) in [7, 11) is 0. The van der Waals surface area contributed by atoms with Crippen molar-refractivity contribution < 1.29 is 28.1 Å². The van der Waals surface area contributed by atoms with Gasteiger partial charge in [-0.1, -0.05) is 31.4 Å². The third-order valence-electron chi connectivity index (χ3n) is 4.60. The number of carbonyl (C=O) groups excluding carboxylic acids is 1. The third kappa shape index (κ3) is 7.24. The third-order valence-corrected chi connectivity index (χ3v) is 4.60. The quantitative estimate of drug-likeness (QED) is 0.109. The van der Waals surface area contributed by atoms with E-state index < -0.39 is 11.8 Å². The molecule has 0 spiro atoms. The van der Waals surface area contributed by atoms with Crippen LogP contribution in [-0.4, -0.2) is 25.8 Å². The SMILES string of the molecule is C=C(C)COc1ccc(-c2ccc(OCCOc3ccc(OC(=O)C(=C)C)cc3)c(F)c2)cc1. The standard InChI is InChI=1S/C28H27FO5/c1-19(2)18-33-24-8-5-21(6-9-24)22-7-14-27(26(29)17-22)32-16-15-31-23-10-12-25(13-11-23)34-28(30)20(3)4/h5-14,17H,1,3,15-16,18H2,2,4H3. The highest BCUT2D eigenvalue weighted by Crippen LogP contribution is 2.27. The van der Waals surface area contributed by atoms with Crippen molar-refractivity contribution in [3.63, 3.8) is 0 Å². The summed E-state index contributed by atoms with van der Waals surface area (Å²) in [6.45, 7) is 11.7. The Kier molecular flexibility index (Phi) is 8.46. The second-order valence-corrected chi connectivity index (χ2v) is 7.75. The van der Waals surface area contributed by atoms with Crippen LogP contribution in [-0.2, 0) is 4.79 Å². The molecular formula is C28H27FO5. The van der Waals surface area contributed by atoms with Gasteiger partial charge >= 0.3 is 5.97 Å². The first-order valence-corrected chi connectivity index (χ1v) is 10.7. The summed E-state index contributed by atoms with van der Waals surface area (Å²) in [5.74, 6) is 0.909. The number of halogens is 1. The molecule has 6 heteroatoms. The van der Waals surface area contributed by atoms with Crippen molar-refractivity contribution in [1.82, 2.24) is 0 Å². The van der Waals surface area contributed by atoms with E-state index in [0.29, 0.717) is 23.7 Å². The summed E-state index contributed by atoms with van der Waals surface area (Å²) in [4.78, 5) is 11.5. The summed E-state index contributed by atoms with van der Waals surface area (Å²) >= 11 is 0. The van der Waals surface area contributed by atoms with Gasteiger partial charge in [-0.15, -0.1) is 0 Å². The lowest BCUT2D eigenvalue weighted by atomic mass is 10.1. The van der Waals surface area contributed by atoms with Crippen molar-refractivity contribution >= 4 is 5.97 Å². The van der Waals surface area contributed by atoms with Gasteiger partial charge in [-0.3, -0.25) is 0 Å². The molecule has 0 amide bonds. The van der Waals surface area contributed by atoms with E-state index in [4.69, 9.17) is 18.9 Å². The maximum Gasteiger partial charge on any atom is 0.338 e. The second kappa shape index (κ2) is 11.7. The Labute approximate surface area is 199 Å². The minimum Gasteiger partial charge on any atom is -0.490 e. The first-order valence-electron chi connectivity index (χ1n) is 10.7. The fourth-order valence-corrected chi connectivity index (χ4v) is 2.86. The zero-order chi connectivity index (χ0) is 24.5. The number of rotatable bonds is 11. The van der Waals surface area contributed by atoms with Crippen LogP contribution in [0.3, 0.4) is 0 Å². The van der Waals surface area contributed by atoms with Gasteiger partial charge in [0.15, 0.2) is 11.6 Å². The lowest BCUT2D eigenvalue weighted by Crippen LogP contribution is -2.10. The summed E-state index contributed by atoms with van der Waals surface area (Å²) in [5.41, 5.74) is 2.86. The van der Waals surface area contributed by atoms with E-state index in [2.05, 4.69) is 13.2 Å². The molecule has 5 nitrogen and oxygen atoms in total. The highest BCUT2D eigenvalue weighted by Gasteiger charge is 2.08. The van der Waals surface area contributed by atoms with Crippen molar-refractivity contribution in [3.8, 4) is 34.1 Å². The zero-order valence-electron chi connectivity index (χ0n) is 19.3. The van der Waals surface area contributed by atoms with Crippen molar-refractivity contribution in [2.75, 3.05) is 19.8 Å². The van der Waals surface area contributed by atoms with Gasteiger partial charge < -0.3 is 18.9 Å². The van der Waals surface area contributed by atoms with E-state index in [-0.39, 0.29) is 19.0 Å². The Morgan fingerprint density at radius 1 is 0.765 bits per heavy atom. The molecule has 0 saturated heterocycles. The highest BCUT2D eigenvalue weighted by atomic mass is 19.1. The van der Waals surface area contributed by atoms with E-state index in [0.717, 1.165) is 22.4 Å². The fourth-order valence-electron chi connectivity index (χ4n) is 2.86. The van der Waals surface area contributed by atoms with Gasteiger partial charge in [0, 0.05) is 5.57 Å². The molecule has 34 heavy (non-hydrogen) atoms. The van der Waals surface area contributed by atoms with Crippen molar-refractivity contribution in [2.24, 2.45) is 0 Å². The molecule has 0 aromatic heterocycles. The molecule has 3 aromatic rings. The van der Waals surface area contributed by atoms with Crippen LogP contribution in [0.5, 0.6) is 23.0 Å². The van der Waals surface area contributed by atoms with Gasteiger partial charge in [0.05, 0.1) is 0 Å². The Balaban J connectivity index is 1.48. The molecule has 0 aliphatic carbocycles. The van der Waals surface area contributed by atoms with E-state index in [9.17, 15) is 9.18 Å². The maximum absolute atomic E-state index is 14.5. The Bertz CT molecular complexity index is 1150. The molecule has 0 N–H and O–H groups in total. The number of hydrogen-bond donors (Lipinski definition) is 0. The van der Waals surface area contributed by atoms with Crippen LogP contribution >= 0.6 is 0 Å². The van der Waals surface area contributed by atoms with Crippen molar-refractivity contribution in [2.45, 2.75) is 13.8 Å². The fraction of sp³-hybridized carbons (Fsp3) is 0.179. The highest BCUT2D eigenvalue weighted by molar-refractivity contribution is 5.88. The van der Waals surface area contributed by atoms with Crippen LogP contribution in [0.15, 0.2) is 91.0 Å². The van der Waals surface area contributed by atoms with Gasteiger partial charge in [-0.05, 0) is 79.1 Å². The molecule has 0 heterocycles. The number of esters is 1. The summed E-state index contributed by atoms with van der Waals surface area (Å²) < 4.78 is 36.4. The molecular weight excluding hydrogens is 435 g/mol. The van der Waals surface area contributed by atoms with Gasteiger partial charge in [0.1, 0.15) is 37.1 Å². The molecule has 176 valence electrons. The minimum absolute atomic E-state index is 0.149. The van der Waals surface area contributed by atoms with Crippen LogP contribution in [0, 0.1) is 5.82 Å². The first kappa shape index (κ1) is 24.6. The molecule has 0 radical (unpaired) electrons. The summed E-state index contributed by atoms with van der Waals surface area (Å²) in [6.07, 6.45) is 0. The largest absolute Gasteiger partial charge is 0.490 e. The van der Waals surface area contributed by atoms with Gasteiger partial charge in [-0.25, -0.2) is 9.18 Å². The second-order valence-electron chi connectivity index (χ2n) is 7.75. The Hall–Kier alpha value is -4.06. The molecule has 0 saturated carbocycles. The summed E-state index contributed by atoms with van der Waals surface area (Å²) in [5, 5.41) is 0. The lowest BCUT2D eigenvalue weighted by Gasteiger charge is -2.11. The average Bonchev–Trinajstić information content (AvgIpc) is 2.82. The minimum atomic E-state index is -0.486. The maximum atomic E-state index is 14.5. The van der Waals surface area contributed by atoms with E-state index in [1.54, 1.807) is 43.3 Å². The number of benzene rings is 3. The van der Waals surface area contributed by atoms with Crippen molar-refractivity contribution in [1.29, 1.82) is 0 Å². The summed E-state index contributed by atoms with van der Waals surface area (Å²) in [6, 6.07) is 18.9. The van der Waals surface area contributed by atoms with E-state index in [1.165, 1.54) is 6.07 Å². The molecule has 0 fully saturated rings. The topological polar surface area (TPSA) is 54.0 Å².